The molecule has 5 heteroatoms. The van der Waals surface area contributed by atoms with E-state index < -0.39 is 16.9 Å². The zero-order chi connectivity index (χ0) is 14.0. The molecule has 0 aromatic heterocycles. The van der Waals surface area contributed by atoms with Crippen LogP contribution in [0.15, 0.2) is 0 Å². The average molecular weight is 254 g/mol. The first kappa shape index (κ1) is 14.9. The van der Waals surface area contributed by atoms with Crippen molar-refractivity contribution in [2.24, 2.45) is 5.41 Å². The molecule has 0 aliphatic heterocycles. The number of hydrogen-bond donors (Lipinski definition) is 2. The number of nitriles is 1. The lowest BCUT2D eigenvalue weighted by molar-refractivity contribution is -0.234. The van der Waals surface area contributed by atoms with Crippen molar-refractivity contribution in [3.8, 4) is 6.07 Å². The summed E-state index contributed by atoms with van der Waals surface area (Å²) in [5.41, 5.74) is -2.77. The molecule has 0 radical (unpaired) electrons. The Morgan fingerprint density at radius 1 is 1.28 bits per heavy atom. The van der Waals surface area contributed by atoms with Crippen LogP contribution in [0.5, 0.6) is 0 Å². The molecule has 102 valence electrons. The zero-order valence-corrected chi connectivity index (χ0v) is 11.3. The van der Waals surface area contributed by atoms with Crippen LogP contribution in [0.3, 0.4) is 0 Å². The fourth-order valence-electron chi connectivity index (χ4n) is 2.45. The third kappa shape index (κ3) is 2.36. The van der Waals surface area contributed by atoms with Gasteiger partial charge in [-0.15, -0.1) is 0 Å². The van der Waals surface area contributed by atoms with Gasteiger partial charge in [-0.25, -0.2) is 0 Å². The largest absolute Gasteiger partial charge is 0.480 e. The maximum Gasteiger partial charge on any atom is 0.327 e. The zero-order valence-electron chi connectivity index (χ0n) is 11.3. The molecule has 1 aliphatic rings. The molecular formula is C13H22N2O3. The summed E-state index contributed by atoms with van der Waals surface area (Å²) in [5, 5.41) is 29.9. The smallest absolute Gasteiger partial charge is 0.327 e. The summed E-state index contributed by atoms with van der Waals surface area (Å²) in [6.45, 7) is 4.52. The average Bonchev–Trinajstić information content (AvgIpc) is 2.37. The molecule has 5 nitrogen and oxygen atoms in total. The van der Waals surface area contributed by atoms with E-state index in [9.17, 15) is 20.4 Å². The topological polar surface area (TPSA) is 84.6 Å². The second kappa shape index (κ2) is 5.25. The lowest BCUT2D eigenvalue weighted by atomic mass is 9.73. The Bertz CT molecular complexity index is 356. The van der Waals surface area contributed by atoms with E-state index in [-0.39, 0.29) is 6.04 Å². The first-order chi connectivity index (χ1) is 8.27. The van der Waals surface area contributed by atoms with Crippen molar-refractivity contribution in [3.05, 3.63) is 0 Å². The van der Waals surface area contributed by atoms with Crippen molar-refractivity contribution in [1.29, 1.82) is 5.26 Å². The Kier molecular flexibility index (Phi) is 4.36. The molecule has 0 saturated heterocycles. The predicted octanol–water partition coefficient (Wildman–Crippen LogP) is 2.40. The minimum atomic E-state index is -1.59. The molecule has 1 aliphatic carbocycles. The molecule has 1 fully saturated rings. The van der Waals surface area contributed by atoms with Gasteiger partial charge in [-0.3, -0.25) is 4.79 Å². The number of nitrogens with zero attached hydrogens (tertiary/aromatic N) is 2. The lowest BCUT2D eigenvalue weighted by Gasteiger charge is -2.45. The molecule has 0 spiro atoms. The summed E-state index contributed by atoms with van der Waals surface area (Å²) in [7, 11) is 0. The van der Waals surface area contributed by atoms with Crippen molar-refractivity contribution in [2.45, 2.75) is 64.5 Å². The van der Waals surface area contributed by atoms with Gasteiger partial charge in [0.1, 0.15) is 0 Å². The van der Waals surface area contributed by atoms with E-state index in [1.807, 2.05) is 6.07 Å². The van der Waals surface area contributed by atoms with Crippen molar-refractivity contribution >= 4 is 5.97 Å². The molecule has 18 heavy (non-hydrogen) atoms. The van der Waals surface area contributed by atoms with Gasteiger partial charge in [-0.1, -0.05) is 19.3 Å². The van der Waals surface area contributed by atoms with Crippen LogP contribution in [0.4, 0.5) is 0 Å². The van der Waals surface area contributed by atoms with Crippen LogP contribution < -0.4 is 0 Å². The van der Waals surface area contributed by atoms with Crippen LogP contribution in [0, 0.1) is 16.7 Å². The highest BCUT2D eigenvalue weighted by Gasteiger charge is 2.54. The van der Waals surface area contributed by atoms with E-state index in [1.54, 1.807) is 13.8 Å². The lowest BCUT2D eigenvalue weighted by Crippen LogP contribution is -2.62. The highest BCUT2D eigenvalue weighted by molar-refractivity contribution is 5.80. The van der Waals surface area contributed by atoms with Crippen LogP contribution in [-0.2, 0) is 4.79 Å². The number of hydroxylamine groups is 2. The van der Waals surface area contributed by atoms with Crippen LogP contribution in [0.2, 0.25) is 0 Å². The number of carboxylic acid groups (broad SMARTS) is 1. The van der Waals surface area contributed by atoms with Gasteiger partial charge in [0.15, 0.2) is 5.54 Å². The molecule has 2 N–H and O–H groups in total. The van der Waals surface area contributed by atoms with Gasteiger partial charge in [0, 0.05) is 6.04 Å². The van der Waals surface area contributed by atoms with Crippen LogP contribution in [-0.4, -0.2) is 32.9 Å². The quantitative estimate of drug-likeness (QED) is 0.752. The predicted molar refractivity (Wildman–Crippen MR) is 65.9 cm³/mol. The summed E-state index contributed by atoms with van der Waals surface area (Å²) < 4.78 is 0. The number of aliphatic carboxylic acids is 1. The molecule has 1 unspecified atom stereocenters. The SMILES string of the molecule is CC(C)(C#N)C(C)(C(=O)O)N(O)C1CCCCC1. The normalized spacial score (nSPS) is 21.3. The van der Waals surface area contributed by atoms with Crippen LogP contribution >= 0.6 is 0 Å². The minimum Gasteiger partial charge on any atom is -0.480 e. The number of carboxylic acids is 1. The molecule has 0 bridgehead atoms. The van der Waals surface area contributed by atoms with Gasteiger partial charge in [0.2, 0.25) is 0 Å². The number of rotatable bonds is 4. The molecule has 0 amide bonds. The maximum atomic E-state index is 11.6. The Morgan fingerprint density at radius 3 is 2.17 bits per heavy atom. The Hall–Kier alpha value is -1.12. The minimum absolute atomic E-state index is 0.174. The maximum absolute atomic E-state index is 11.6. The summed E-state index contributed by atoms with van der Waals surface area (Å²) in [6, 6.07) is 1.83. The van der Waals surface area contributed by atoms with Crippen molar-refractivity contribution in [2.75, 3.05) is 0 Å². The Morgan fingerprint density at radius 2 is 1.78 bits per heavy atom. The van der Waals surface area contributed by atoms with Gasteiger partial charge in [0.25, 0.3) is 0 Å². The Labute approximate surface area is 108 Å². The number of hydrogen-bond acceptors (Lipinski definition) is 4. The van der Waals surface area contributed by atoms with Crippen molar-refractivity contribution in [1.82, 2.24) is 5.06 Å². The molecule has 1 rings (SSSR count). The molecule has 0 aromatic rings. The second-order valence-electron chi connectivity index (χ2n) is 5.75. The van der Waals surface area contributed by atoms with E-state index in [0.717, 1.165) is 37.2 Å². The van der Waals surface area contributed by atoms with Gasteiger partial charge in [-0.05, 0) is 33.6 Å². The van der Waals surface area contributed by atoms with E-state index in [0.29, 0.717) is 0 Å². The first-order valence-electron chi connectivity index (χ1n) is 6.40. The third-order valence-electron chi connectivity index (χ3n) is 4.29. The second-order valence-corrected chi connectivity index (χ2v) is 5.75. The van der Waals surface area contributed by atoms with Crippen LogP contribution in [0.1, 0.15) is 52.9 Å². The van der Waals surface area contributed by atoms with Gasteiger partial charge in [-0.2, -0.15) is 10.3 Å². The van der Waals surface area contributed by atoms with E-state index in [1.165, 1.54) is 6.92 Å². The highest BCUT2D eigenvalue weighted by Crippen LogP contribution is 2.38. The van der Waals surface area contributed by atoms with E-state index >= 15 is 0 Å². The monoisotopic (exact) mass is 254 g/mol. The summed E-state index contributed by atoms with van der Waals surface area (Å²) in [6.07, 6.45) is 4.66. The van der Waals surface area contributed by atoms with E-state index in [2.05, 4.69) is 0 Å². The van der Waals surface area contributed by atoms with Crippen molar-refractivity contribution < 1.29 is 15.1 Å². The first-order valence-corrected chi connectivity index (χ1v) is 6.40. The molecular weight excluding hydrogens is 232 g/mol. The van der Waals surface area contributed by atoms with Gasteiger partial charge >= 0.3 is 5.97 Å². The molecule has 1 saturated carbocycles. The fraction of sp³-hybridized carbons (Fsp3) is 0.846. The van der Waals surface area contributed by atoms with Gasteiger partial charge < -0.3 is 10.3 Å². The molecule has 0 heterocycles. The van der Waals surface area contributed by atoms with Crippen LogP contribution in [0.25, 0.3) is 0 Å². The standard InChI is InChI=1S/C13H22N2O3/c1-12(2,9-14)13(3,11(16)17)15(18)10-7-5-4-6-8-10/h10,18H,4-8H2,1-3H3,(H,16,17). The van der Waals surface area contributed by atoms with Crippen molar-refractivity contribution in [3.63, 3.8) is 0 Å². The molecule has 1 atom stereocenters. The highest BCUT2D eigenvalue weighted by atomic mass is 16.5. The number of carbonyl (C=O) groups is 1. The summed E-state index contributed by atoms with van der Waals surface area (Å²) in [4.78, 5) is 11.6. The van der Waals surface area contributed by atoms with E-state index in [4.69, 9.17) is 0 Å². The summed E-state index contributed by atoms with van der Waals surface area (Å²) >= 11 is 0. The molecule has 0 aromatic carbocycles. The third-order valence-corrected chi connectivity index (χ3v) is 4.29. The summed E-state index contributed by atoms with van der Waals surface area (Å²) in [5.74, 6) is -1.16. The Balaban J connectivity index is 3.05. The fourth-order valence-corrected chi connectivity index (χ4v) is 2.45. The van der Waals surface area contributed by atoms with Gasteiger partial charge in [0.05, 0.1) is 11.5 Å².